The first-order valence-corrected chi connectivity index (χ1v) is 7.62. The van der Waals surface area contributed by atoms with Crippen molar-refractivity contribution >= 4 is 18.3 Å². The van der Waals surface area contributed by atoms with E-state index < -0.39 is 5.54 Å². The van der Waals surface area contributed by atoms with E-state index in [1.165, 1.54) is 0 Å². The number of methoxy groups -OCH3 is 2. The predicted molar refractivity (Wildman–Crippen MR) is 95.1 cm³/mol. The number of halogens is 1. The van der Waals surface area contributed by atoms with E-state index in [0.717, 1.165) is 17.7 Å². The second-order valence-electron chi connectivity index (χ2n) is 5.86. The minimum Gasteiger partial charge on any atom is -0.497 e. The van der Waals surface area contributed by atoms with Crippen LogP contribution in [0.1, 0.15) is 45.3 Å². The molecule has 0 fully saturated rings. The molecule has 6 heteroatoms. The summed E-state index contributed by atoms with van der Waals surface area (Å²) in [4.78, 5) is 12.3. The molecule has 0 saturated heterocycles. The zero-order valence-electron chi connectivity index (χ0n) is 14.6. The van der Waals surface area contributed by atoms with E-state index in [2.05, 4.69) is 5.32 Å². The standard InChI is InChI=1S/C17H28N2O3.ClH/c1-6-11-17(3,18)16(20)19-12(2)15(22-5)13-7-9-14(21-4)10-8-13;/h7-10,12,15H,6,11,18H2,1-5H3,(H,19,20);1H. The first kappa shape index (κ1) is 21.7. The van der Waals surface area contributed by atoms with E-state index in [1.807, 2.05) is 38.1 Å². The number of carbonyl (C=O) groups is 1. The Hall–Kier alpha value is -1.30. The zero-order valence-corrected chi connectivity index (χ0v) is 15.4. The molecule has 0 aliphatic carbocycles. The fourth-order valence-electron chi connectivity index (χ4n) is 2.50. The van der Waals surface area contributed by atoms with E-state index in [4.69, 9.17) is 15.2 Å². The van der Waals surface area contributed by atoms with Crippen molar-refractivity contribution in [2.45, 2.75) is 51.3 Å². The van der Waals surface area contributed by atoms with Crippen molar-refractivity contribution in [1.29, 1.82) is 0 Å². The molecule has 0 radical (unpaired) electrons. The Morgan fingerprint density at radius 1 is 1.30 bits per heavy atom. The Morgan fingerprint density at radius 3 is 2.30 bits per heavy atom. The third kappa shape index (κ3) is 6.01. The third-order valence-corrected chi connectivity index (χ3v) is 3.80. The smallest absolute Gasteiger partial charge is 0.240 e. The lowest BCUT2D eigenvalue weighted by molar-refractivity contribution is -0.127. The van der Waals surface area contributed by atoms with Crippen LogP contribution in [0.25, 0.3) is 0 Å². The van der Waals surface area contributed by atoms with Crippen molar-refractivity contribution in [1.82, 2.24) is 5.32 Å². The summed E-state index contributed by atoms with van der Waals surface area (Å²) in [5, 5.41) is 2.96. The molecule has 0 saturated carbocycles. The molecule has 0 bridgehead atoms. The second kappa shape index (κ2) is 9.75. The molecule has 23 heavy (non-hydrogen) atoms. The number of nitrogens with one attached hydrogen (secondary N) is 1. The van der Waals surface area contributed by atoms with Gasteiger partial charge in [-0.1, -0.05) is 25.5 Å². The molecule has 3 unspecified atom stereocenters. The van der Waals surface area contributed by atoms with Gasteiger partial charge in [0, 0.05) is 7.11 Å². The highest BCUT2D eigenvalue weighted by atomic mass is 35.5. The highest BCUT2D eigenvalue weighted by molar-refractivity contribution is 5.86. The molecule has 0 heterocycles. The fraction of sp³-hybridized carbons (Fsp3) is 0.588. The van der Waals surface area contributed by atoms with Gasteiger partial charge in [-0.2, -0.15) is 0 Å². The average molecular weight is 345 g/mol. The van der Waals surface area contributed by atoms with Gasteiger partial charge in [-0.15, -0.1) is 12.4 Å². The SMILES string of the molecule is CCCC(C)(N)C(=O)NC(C)C(OC)c1ccc(OC)cc1.Cl. The molecule has 132 valence electrons. The van der Waals surface area contributed by atoms with Crippen LogP contribution in [0.15, 0.2) is 24.3 Å². The van der Waals surface area contributed by atoms with Gasteiger partial charge in [0.2, 0.25) is 5.91 Å². The van der Waals surface area contributed by atoms with Gasteiger partial charge in [-0.3, -0.25) is 4.79 Å². The molecule has 0 aliphatic heterocycles. The third-order valence-electron chi connectivity index (χ3n) is 3.80. The molecule has 3 N–H and O–H groups in total. The van der Waals surface area contributed by atoms with Gasteiger partial charge in [0.05, 0.1) is 18.7 Å². The Balaban J connectivity index is 0.00000484. The number of benzene rings is 1. The Bertz CT molecular complexity index is 477. The number of ether oxygens (including phenoxy) is 2. The predicted octanol–water partition coefficient (Wildman–Crippen LogP) is 2.83. The highest BCUT2D eigenvalue weighted by Gasteiger charge is 2.30. The summed E-state index contributed by atoms with van der Waals surface area (Å²) < 4.78 is 10.7. The number of hydrogen-bond acceptors (Lipinski definition) is 4. The maximum atomic E-state index is 12.3. The number of nitrogens with two attached hydrogens (primary N) is 1. The van der Waals surface area contributed by atoms with Crippen molar-refractivity contribution in [3.8, 4) is 5.75 Å². The molecule has 1 aromatic carbocycles. The summed E-state index contributed by atoms with van der Waals surface area (Å²) in [6.07, 6.45) is 1.26. The van der Waals surface area contributed by atoms with Crippen LogP contribution in [-0.2, 0) is 9.53 Å². The average Bonchev–Trinajstić information content (AvgIpc) is 2.48. The summed E-state index contributed by atoms with van der Waals surface area (Å²) in [5.41, 5.74) is 6.19. The first-order chi connectivity index (χ1) is 10.4. The maximum Gasteiger partial charge on any atom is 0.240 e. The van der Waals surface area contributed by atoms with Crippen molar-refractivity contribution < 1.29 is 14.3 Å². The fourth-order valence-corrected chi connectivity index (χ4v) is 2.50. The molecule has 0 spiro atoms. The Labute approximate surface area is 145 Å². The summed E-state index contributed by atoms with van der Waals surface area (Å²) >= 11 is 0. The topological polar surface area (TPSA) is 73.6 Å². The largest absolute Gasteiger partial charge is 0.497 e. The summed E-state index contributed by atoms with van der Waals surface area (Å²) in [5.74, 6) is 0.630. The Kier molecular flexibility index (Phi) is 9.20. The van der Waals surface area contributed by atoms with Gasteiger partial charge in [-0.25, -0.2) is 0 Å². The number of amides is 1. The molecule has 1 rings (SSSR count). The van der Waals surface area contributed by atoms with E-state index in [1.54, 1.807) is 21.1 Å². The van der Waals surface area contributed by atoms with Crippen molar-refractivity contribution in [3.05, 3.63) is 29.8 Å². The number of carbonyl (C=O) groups excluding carboxylic acids is 1. The van der Waals surface area contributed by atoms with E-state index in [0.29, 0.717) is 6.42 Å². The van der Waals surface area contributed by atoms with E-state index in [9.17, 15) is 4.79 Å². The number of rotatable bonds is 8. The molecule has 0 aromatic heterocycles. The monoisotopic (exact) mass is 344 g/mol. The van der Waals surface area contributed by atoms with Crippen LogP contribution in [0.5, 0.6) is 5.75 Å². The molecular weight excluding hydrogens is 316 g/mol. The summed E-state index contributed by atoms with van der Waals surface area (Å²) in [6.45, 7) is 5.68. The molecule has 3 atom stereocenters. The van der Waals surface area contributed by atoms with Crippen molar-refractivity contribution in [3.63, 3.8) is 0 Å². The summed E-state index contributed by atoms with van der Waals surface area (Å²) in [6, 6.07) is 7.43. The minimum atomic E-state index is -0.860. The van der Waals surface area contributed by atoms with Crippen LogP contribution < -0.4 is 15.8 Å². The highest BCUT2D eigenvalue weighted by Crippen LogP contribution is 2.23. The molecule has 0 aliphatic rings. The maximum absolute atomic E-state index is 12.3. The van der Waals surface area contributed by atoms with E-state index >= 15 is 0 Å². The normalized spacial score (nSPS) is 15.7. The molecule has 1 amide bonds. The first-order valence-electron chi connectivity index (χ1n) is 7.62. The number of hydrogen-bond donors (Lipinski definition) is 2. The molecule has 1 aromatic rings. The van der Waals surface area contributed by atoms with Crippen LogP contribution >= 0.6 is 12.4 Å². The minimum absolute atomic E-state index is 0. The van der Waals surface area contributed by atoms with Gasteiger partial charge in [-0.05, 0) is 38.0 Å². The van der Waals surface area contributed by atoms with Gasteiger partial charge < -0.3 is 20.5 Å². The zero-order chi connectivity index (χ0) is 16.8. The van der Waals surface area contributed by atoms with Crippen molar-refractivity contribution in [2.75, 3.05) is 14.2 Å². The second-order valence-corrected chi connectivity index (χ2v) is 5.86. The van der Waals surface area contributed by atoms with Crippen LogP contribution in [0.3, 0.4) is 0 Å². The van der Waals surface area contributed by atoms with Crippen molar-refractivity contribution in [2.24, 2.45) is 5.73 Å². The van der Waals surface area contributed by atoms with Crippen LogP contribution in [0.2, 0.25) is 0 Å². The quantitative estimate of drug-likeness (QED) is 0.760. The lowest BCUT2D eigenvalue weighted by Crippen LogP contribution is -2.54. The van der Waals surface area contributed by atoms with Crippen LogP contribution in [-0.4, -0.2) is 31.7 Å². The summed E-state index contributed by atoms with van der Waals surface area (Å²) in [7, 11) is 3.26. The molecular formula is C17H29ClN2O3. The van der Waals surface area contributed by atoms with Gasteiger partial charge in [0.15, 0.2) is 0 Å². The van der Waals surface area contributed by atoms with Crippen LogP contribution in [0, 0.1) is 0 Å². The molecule has 5 nitrogen and oxygen atoms in total. The lowest BCUT2D eigenvalue weighted by Gasteiger charge is -2.29. The van der Waals surface area contributed by atoms with E-state index in [-0.39, 0.29) is 30.5 Å². The lowest BCUT2D eigenvalue weighted by atomic mass is 9.95. The van der Waals surface area contributed by atoms with Gasteiger partial charge in [0.1, 0.15) is 11.9 Å². The van der Waals surface area contributed by atoms with Gasteiger partial charge >= 0.3 is 0 Å². The van der Waals surface area contributed by atoms with Gasteiger partial charge in [0.25, 0.3) is 0 Å². The van der Waals surface area contributed by atoms with Crippen LogP contribution in [0.4, 0.5) is 0 Å². The Morgan fingerprint density at radius 2 is 1.87 bits per heavy atom.